The molecule has 1 saturated carbocycles. The van der Waals surface area contributed by atoms with Crippen molar-refractivity contribution < 1.29 is 9.47 Å². The first-order valence-corrected chi connectivity index (χ1v) is 6.71. The number of nitrogens with zero attached hydrogens (tertiary/aromatic N) is 1. The third-order valence-corrected chi connectivity index (χ3v) is 4.26. The SMILES string of the molecule is COCC(CN)(C1CC1)N1CC(C)OCC1C. The number of hydrogen-bond acceptors (Lipinski definition) is 4. The average molecular weight is 242 g/mol. The molecule has 2 aliphatic rings. The molecule has 17 heavy (non-hydrogen) atoms. The lowest BCUT2D eigenvalue weighted by Crippen LogP contribution is -2.65. The summed E-state index contributed by atoms with van der Waals surface area (Å²) < 4.78 is 11.2. The van der Waals surface area contributed by atoms with Crippen LogP contribution < -0.4 is 5.73 Å². The van der Waals surface area contributed by atoms with Gasteiger partial charge in [0, 0.05) is 26.2 Å². The van der Waals surface area contributed by atoms with Gasteiger partial charge in [-0.2, -0.15) is 0 Å². The predicted octanol–water partition coefficient (Wildman–Crippen LogP) is 0.850. The highest BCUT2D eigenvalue weighted by molar-refractivity contribution is 5.05. The number of rotatable bonds is 5. The molecular weight excluding hydrogens is 216 g/mol. The van der Waals surface area contributed by atoms with E-state index < -0.39 is 0 Å². The third kappa shape index (κ3) is 2.50. The molecule has 2 fully saturated rings. The van der Waals surface area contributed by atoms with Crippen LogP contribution in [-0.4, -0.2) is 56.0 Å². The van der Waals surface area contributed by atoms with Gasteiger partial charge in [-0.1, -0.05) is 0 Å². The predicted molar refractivity (Wildman–Crippen MR) is 68.0 cm³/mol. The molecule has 4 heteroatoms. The van der Waals surface area contributed by atoms with Crippen LogP contribution in [0.25, 0.3) is 0 Å². The minimum atomic E-state index is 0.0339. The third-order valence-electron chi connectivity index (χ3n) is 4.26. The molecular formula is C13H26N2O2. The molecule has 100 valence electrons. The van der Waals surface area contributed by atoms with E-state index in [2.05, 4.69) is 18.7 Å². The van der Waals surface area contributed by atoms with Gasteiger partial charge in [0.15, 0.2) is 0 Å². The van der Waals surface area contributed by atoms with Crippen LogP contribution in [-0.2, 0) is 9.47 Å². The molecule has 1 saturated heterocycles. The Morgan fingerprint density at radius 3 is 2.65 bits per heavy atom. The van der Waals surface area contributed by atoms with Crippen LogP contribution in [0.3, 0.4) is 0 Å². The Morgan fingerprint density at radius 2 is 2.12 bits per heavy atom. The van der Waals surface area contributed by atoms with Gasteiger partial charge in [0.25, 0.3) is 0 Å². The molecule has 0 radical (unpaired) electrons. The maximum Gasteiger partial charge on any atom is 0.0675 e. The highest BCUT2D eigenvalue weighted by Crippen LogP contribution is 2.44. The van der Waals surface area contributed by atoms with Crippen molar-refractivity contribution in [1.29, 1.82) is 0 Å². The first kappa shape index (κ1) is 13.3. The summed E-state index contributed by atoms with van der Waals surface area (Å²) in [7, 11) is 1.78. The van der Waals surface area contributed by atoms with Crippen LogP contribution in [0.1, 0.15) is 26.7 Å². The molecule has 0 aromatic heterocycles. The zero-order valence-corrected chi connectivity index (χ0v) is 11.3. The summed E-state index contributed by atoms with van der Waals surface area (Å²) >= 11 is 0. The number of hydrogen-bond donors (Lipinski definition) is 1. The van der Waals surface area contributed by atoms with Crippen molar-refractivity contribution in [2.45, 2.75) is 44.4 Å². The Labute approximate surface area is 104 Å². The van der Waals surface area contributed by atoms with Gasteiger partial charge in [0.05, 0.1) is 24.9 Å². The van der Waals surface area contributed by atoms with E-state index in [0.717, 1.165) is 19.8 Å². The topological polar surface area (TPSA) is 47.7 Å². The molecule has 0 aromatic carbocycles. The summed E-state index contributed by atoms with van der Waals surface area (Å²) in [5.41, 5.74) is 6.14. The lowest BCUT2D eigenvalue weighted by Gasteiger charge is -2.50. The zero-order valence-electron chi connectivity index (χ0n) is 11.3. The summed E-state index contributed by atoms with van der Waals surface area (Å²) in [6.07, 6.45) is 2.88. The second-order valence-electron chi connectivity index (χ2n) is 5.66. The first-order chi connectivity index (χ1) is 8.14. The second kappa shape index (κ2) is 5.22. The maximum absolute atomic E-state index is 6.11. The highest BCUT2D eigenvalue weighted by atomic mass is 16.5. The van der Waals surface area contributed by atoms with E-state index in [-0.39, 0.29) is 5.54 Å². The normalized spacial score (nSPS) is 34.6. The fourth-order valence-electron chi connectivity index (χ4n) is 3.17. The molecule has 4 nitrogen and oxygen atoms in total. The van der Waals surface area contributed by atoms with Crippen molar-refractivity contribution in [2.75, 3.05) is 33.4 Å². The van der Waals surface area contributed by atoms with E-state index in [9.17, 15) is 0 Å². The molecule has 2 N–H and O–H groups in total. The smallest absolute Gasteiger partial charge is 0.0675 e. The lowest BCUT2D eigenvalue weighted by molar-refractivity contribution is -0.115. The van der Waals surface area contributed by atoms with Gasteiger partial charge in [-0.3, -0.25) is 4.90 Å². The fraction of sp³-hybridized carbons (Fsp3) is 1.00. The molecule has 3 unspecified atom stereocenters. The van der Waals surface area contributed by atoms with Crippen molar-refractivity contribution in [1.82, 2.24) is 4.90 Å². The van der Waals surface area contributed by atoms with Gasteiger partial charge in [-0.05, 0) is 32.6 Å². The van der Waals surface area contributed by atoms with Crippen LogP contribution in [0.2, 0.25) is 0 Å². The molecule has 0 bridgehead atoms. The van der Waals surface area contributed by atoms with E-state index in [1.807, 2.05) is 0 Å². The van der Waals surface area contributed by atoms with Gasteiger partial charge in [-0.15, -0.1) is 0 Å². The average Bonchev–Trinajstić information content (AvgIpc) is 3.14. The number of morpholine rings is 1. The second-order valence-corrected chi connectivity index (χ2v) is 5.66. The number of nitrogens with two attached hydrogens (primary N) is 1. The monoisotopic (exact) mass is 242 g/mol. The van der Waals surface area contributed by atoms with E-state index >= 15 is 0 Å². The minimum absolute atomic E-state index is 0.0339. The van der Waals surface area contributed by atoms with E-state index in [0.29, 0.717) is 24.6 Å². The Morgan fingerprint density at radius 1 is 1.41 bits per heavy atom. The van der Waals surface area contributed by atoms with Gasteiger partial charge in [-0.25, -0.2) is 0 Å². The van der Waals surface area contributed by atoms with Crippen molar-refractivity contribution in [3.8, 4) is 0 Å². The number of methoxy groups -OCH3 is 1. The van der Waals surface area contributed by atoms with Crippen molar-refractivity contribution in [2.24, 2.45) is 11.7 Å². The van der Waals surface area contributed by atoms with E-state index in [1.54, 1.807) is 7.11 Å². The van der Waals surface area contributed by atoms with E-state index in [1.165, 1.54) is 12.8 Å². The molecule has 0 spiro atoms. The van der Waals surface area contributed by atoms with Crippen molar-refractivity contribution in [3.63, 3.8) is 0 Å². The summed E-state index contributed by atoms with van der Waals surface area (Å²) in [5.74, 6) is 0.709. The van der Waals surface area contributed by atoms with Gasteiger partial charge >= 0.3 is 0 Å². The fourth-order valence-corrected chi connectivity index (χ4v) is 3.17. The maximum atomic E-state index is 6.11. The van der Waals surface area contributed by atoms with Crippen LogP contribution in [0, 0.1) is 5.92 Å². The Bertz CT molecular complexity index is 258. The Balaban J connectivity index is 2.17. The molecule has 1 aliphatic carbocycles. The number of ether oxygens (including phenoxy) is 2. The molecule has 1 aliphatic heterocycles. The molecule has 2 rings (SSSR count). The largest absolute Gasteiger partial charge is 0.383 e. The van der Waals surface area contributed by atoms with Crippen LogP contribution in [0.15, 0.2) is 0 Å². The van der Waals surface area contributed by atoms with E-state index in [4.69, 9.17) is 15.2 Å². The summed E-state index contributed by atoms with van der Waals surface area (Å²) in [6, 6.07) is 0.436. The minimum Gasteiger partial charge on any atom is -0.383 e. The highest BCUT2D eigenvalue weighted by Gasteiger charge is 2.50. The summed E-state index contributed by atoms with van der Waals surface area (Å²) in [6.45, 7) is 7.57. The summed E-state index contributed by atoms with van der Waals surface area (Å²) in [4.78, 5) is 2.54. The quantitative estimate of drug-likeness (QED) is 0.776. The van der Waals surface area contributed by atoms with Crippen LogP contribution in [0.5, 0.6) is 0 Å². The molecule has 1 heterocycles. The van der Waals surface area contributed by atoms with Crippen LogP contribution in [0.4, 0.5) is 0 Å². The van der Waals surface area contributed by atoms with Gasteiger partial charge < -0.3 is 15.2 Å². The standard InChI is InChI=1S/C13H26N2O2/c1-10-7-17-11(2)6-15(10)13(8-14,9-16-3)12-4-5-12/h10-12H,4-9,14H2,1-3H3. The van der Waals surface area contributed by atoms with Gasteiger partial charge in [0.2, 0.25) is 0 Å². The van der Waals surface area contributed by atoms with Crippen molar-refractivity contribution >= 4 is 0 Å². The Kier molecular flexibility index (Phi) is 4.08. The lowest BCUT2D eigenvalue weighted by atomic mass is 9.89. The molecule has 0 aromatic rings. The van der Waals surface area contributed by atoms with Crippen LogP contribution >= 0.6 is 0 Å². The zero-order chi connectivity index (χ0) is 12.5. The molecule has 0 amide bonds. The molecule has 3 atom stereocenters. The summed E-state index contributed by atoms with van der Waals surface area (Å²) in [5, 5.41) is 0. The van der Waals surface area contributed by atoms with Gasteiger partial charge in [0.1, 0.15) is 0 Å². The first-order valence-electron chi connectivity index (χ1n) is 6.71. The van der Waals surface area contributed by atoms with Crippen molar-refractivity contribution in [3.05, 3.63) is 0 Å². The Hall–Kier alpha value is -0.160.